The predicted octanol–water partition coefficient (Wildman–Crippen LogP) is 2.71. The highest BCUT2D eigenvalue weighted by Crippen LogP contribution is 2.65. The summed E-state index contributed by atoms with van der Waals surface area (Å²) in [7, 11) is 0. The van der Waals surface area contributed by atoms with Crippen molar-refractivity contribution in [1.82, 2.24) is 10.3 Å². The summed E-state index contributed by atoms with van der Waals surface area (Å²) in [5.74, 6) is 2.22. The molecule has 2 saturated heterocycles. The van der Waals surface area contributed by atoms with Crippen LogP contribution in [0, 0.1) is 29.0 Å². The topological polar surface area (TPSA) is 95.3 Å². The Balaban J connectivity index is 1.34. The van der Waals surface area contributed by atoms with Crippen LogP contribution < -0.4 is 10.2 Å². The van der Waals surface area contributed by atoms with Crippen molar-refractivity contribution in [3.05, 3.63) is 48.0 Å². The van der Waals surface area contributed by atoms with Crippen LogP contribution in [0.5, 0.6) is 0 Å². The first-order valence-electron chi connectivity index (χ1n) is 9.99. The molecule has 9 heteroatoms. The van der Waals surface area contributed by atoms with Gasteiger partial charge in [-0.3, -0.25) is 14.7 Å². The second-order valence-electron chi connectivity index (χ2n) is 7.97. The Morgan fingerprint density at radius 2 is 2.16 bits per heavy atom. The number of carbonyl (C=O) groups is 2. The number of rotatable bonds is 6. The van der Waals surface area contributed by atoms with E-state index in [0.717, 1.165) is 17.2 Å². The lowest BCUT2D eigenvalue weighted by Crippen LogP contribution is -2.30. The third kappa shape index (κ3) is 3.13. The molecule has 1 aromatic carbocycles. The van der Waals surface area contributed by atoms with Gasteiger partial charge < -0.3 is 10.1 Å². The monoisotopic (exact) mass is 438 g/mol. The van der Waals surface area contributed by atoms with Crippen molar-refractivity contribution < 1.29 is 18.7 Å². The molecule has 1 aromatic heterocycles. The molecule has 3 aliphatic rings. The number of nitrogens with one attached hydrogen (secondary N) is 1. The molecule has 3 fully saturated rings. The number of hydrogen-bond donors (Lipinski definition) is 1. The third-order valence-electron chi connectivity index (χ3n) is 6.39. The van der Waals surface area contributed by atoms with Gasteiger partial charge in [-0.25, -0.2) is 9.18 Å². The first-order chi connectivity index (χ1) is 15.1. The molecule has 2 aromatic rings. The minimum atomic E-state index is -0.578. The molecule has 158 valence electrons. The Morgan fingerprint density at radius 3 is 2.81 bits per heavy atom. The second-order valence-corrected chi connectivity index (χ2v) is 9.04. The first-order valence-corrected chi connectivity index (χ1v) is 11.1. The number of amides is 2. The number of benzene rings is 1. The van der Waals surface area contributed by atoms with E-state index >= 15 is 0 Å². The Morgan fingerprint density at radius 1 is 1.35 bits per heavy atom. The Hall–Kier alpha value is -3.12. The van der Waals surface area contributed by atoms with Crippen molar-refractivity contribution >= 4 is 30.0 Å². The average molecular weight is 438 g/mol. The summed E-state index contributed by atoms with van der Waals surface area (Å²) >= 11 is 1.88. The fourth-order valence-corrected chi connectivity index (χ4v) is 6.32. The molecular weight excluding hydrogens is 419 g/mol. The summed E-state index contributed by atoms with van der Waals surface area (Å²) in [6, 6.07) is 10.7. The van der Waals surface area contributed by atoms with E-state index in [4.69, 9.17) is 4.74 Å². The average Bonchev–Trinajstić information content (AvgIpc) is 3.09. The molecule has 4 atom stereocenters. The lowest BCUT2D eigenvalue weighted by atomic mass is 9.97. The lowest BCUT2D eigenvalue weighted by Gasteiger charge is -2.15. The largest absolute Gasteiger partial charge is 0.442 e. The van der Waals surface area contributed by atoms with E-state index in [9.17, 15) is 19.2 Å². The Bertz CT molecular complexity index is 1080. The van der Waals surface area contributed by atoms with E-state index in [1.165, 1.54) is 11.0 Å². The van der Waals surface area contributed by atoms with Crippen LogP contribution >= 0.6 is 11.8 Å². The number of pyridine rings is 1. The molecule has 7 nitrogen and oxygen atoms in total. The van der Waals surface area contributed by atoms with E-state index in [2.05, 4.69) is 16.4 Å². The minimum absolute atomic E-state index is 0.203. The first kappa shape index (κ1) is 19.8. The van der Waals surface area contributed by atoms with E-state index in [-0.39, 0.29) is 13.1 Å². The van der Waals surface area contributed by atoms with Crippen LogP contribution in [0.2, 0.25) is 0 Å². The molecule has 0 spiro atoms. The zero-order chi connectivity index (χ0) is 21.6. The summed E-state index contributed by atoms with van der Waals surface area (Å²) < 4.78 is 20.1. The minimum Gasteiger partial charge on any atom is -0.442 e. The van der Waals surface area contributed by atoms with Gasteiger partial charge in [0.2, 0.25) is 6.41 Å². The van der Waals surface area contributed by atoms with Gasteiger partial charge in [0.05, 0.1) is 30.5 Å². The van der Waals surface area contributed by atoms with Gasteiger partial charge in [0, 0.05) is 17.3 Å². The Labute approximate surface area is 182 Å². The summed E-state index contributed by atoms with van der Waals surface area (Å²) in [5, 5.41) is 12.2. The number of halogens is 1. The lowest BCUT2D eigenvalue weighted by molar-refractivity contribution is -0.109. The Kier molecular flexibility index (Phi) is 4.82. The summed E-state index contributed by atoms with van der Waals surface area (Å²) in [4.78, 5) is 28.4. The van der Waals surface area contributed by atoms with E-state index in [0.29, 0.717) is 35.1 Å². The normalized spacial score (nSPS) is 28.6. The number of cyclic esters (lactones) is 1. The molecule has 3 heterocycles. The second kappa shape index (κ2) is 7.54. The van der Waals surface area contributed by atoms with Crippen molar-refractivity contribution in [2.75, 3.05) is 29.5 Å². The van der Waals surface area contributed by atoms with Crippen molar-refractivity contribution in [1.29, 1.82) is 5.26 Å². The highest BCUT2D eigenvalue weighted by atomic mass is 32.2. The molecule has 2 aliphatic heterocycles. The van der Waals surface area contributed by atoms with Gasteiger partial charge in [-0.2, -0.15) is 17.0 Å². The van der Waals surface area contributed by atoms with Crippen LogP contribution in [0.1, 0.15) is 5.69 Å². The van der Waals surface area contributed by atoms with E-state index in [1.54, 1.807) is 24.4 Å². The number of carbonyl (C=O) groups excluding carboxylic acids is 2. The van der Waals surface area contributed by atoms with Crippen LogP contribution in [0.25, 0.3) is 11.1 Å². The molecule has 2 amide bonds. The van der Waals surface area contributed by atoms with Gasteiger partial charge in [0.1, 0.15) is 17.3 Å². The maximum atomic E-state index is 14.9. The molecule has 1 N–H and O–H groups in total. The summed E-state index contributed by atoms with van der Waals surface area (Å²) in [6.07, 6.45) is 1.09. The molecule has 0 bridgehead atoms. The molecule has 31 heavy (non-hydrogen) atoms. The number of thioether (sulfide) groups is 1. The maximum absolute atomic E-state index is 14.9. The van der Waals surface area contributed by atoms with Crippen molar-refractivity contribution in [2.24, 2.45) is 11.8 Å². The van der Waals surface area contributed by atoms with Crippen molar-refractivity contribution in [3.8, 4) is 17.2 Å². The van der Waals surface area contributed by atoms with Gasteiger partial charge in [-0.1, -0.05) is 6.07 Å². The number of ether oxygens (including phenoxy) is 1. The predicted molar refractivity (Wildman–Crippen MR) is 113 cm³/mol. The number of nitrogens with zero attached hydrogens (tertiary/aromatic N) is 3. The molecule has 1 saturated carbocycles. The zero-order valence-electron chi connectivity index (χ0n) is 16.5. The van der Waals surface area contributed by atoms with E-state index < -0.39 is 23.4 Å². The maximum Gasteiger partial charge on any atom is 0.414 e. The molecule has 0 radical (unpaired) electrons. The number of hydrogen-bond acceptors (Lipinski definition) is 6. The van der Waals surface area contributed by atoms with Gasteiger partial charge >= 0.3 is 6.09 Å². The van der Waals surface area contributed by atoms with E-state index in [1.807, 2.05) is 17.8 Å². The molecule has 0 unspecified atom stereocenters. The van der Waals surface area contributed by atoms with Crippen molar-refractivity contribution in [2.45, 2.75) is 11.5 Å². The molecule has 5 rings (SSSR count). The summed E-state index contributed by atoms with van der Waals surface area (Å²) in [6.45, 7) is 0.431. The van der Waals surface area contributed by atoms with Crippen LogP contribution in [-0.4, -0.2) is 48.2 Å². The quantitative estimate of drug-likeness (QED) is 0.697. The highest BCUT2D eigenvalue weighted by molar-refractivity contribution is 7.99. The standard InChI is InChI=1S/C22H19FN4O3S/c23-19-5-14(27-8-15(7-25-12-28)30-21(27)29)2-3-16(19)13-1-4-20(26-6-13)22(11-24)17-9-31-10-18(17)22/h1-6,12,15,17-18H,7-10H2,(H,25,28)/t15-,17-,18+,22+/m0/s1. The SMILES string of the molecule is N#C[C@]1(c2ccc(-c3ccc(N4C[C@H](CNC=O)OC4=O)cc3F)cn2)[C@@H]2CSC[C@@H]21. The van der Waals surface area contributed by atoms with Crippen molar-refractivity contribution in [3.63, 3.8) is 0 Å². The van der Waals surface area contributed by atoms with Crippen LogP contribution in [0.15, 0.2) is 36.5 Å². The third-order valence-corrected chi connectivity index (χ3v) is 7.58. The number of aromatic nitrogens is 1. The van der Waals surface area contributed by atoms with Gasteiger partial charge in [0.15, 0.2) is 0 Å². The van der Waals surface area contributed by atoms with Gasteiger partial charge in [-0.05, 0) is 47.6 Å². The number of anilines is 1. The fourth-order valence-electron chi connectivity index (χ4n) is 4.68. The van der Waals surface area contributed by atoms with Crippen LogP contribution in [0.4, 0.5) is 14.9 Å². The number of fused-ring (bicyclic) bond motifs is 1. The van der Waals surface area contributed by atoms with Gasteiger partial charge in [0.25, 0.3) is 0 Å². The molecular formula is C22H19FN4O3S. The fraction of sp³-hybridized carbons (Fsp3) is 0.364. The highest BCUT2D eigenvalue weighted by Gasteiger charge is 2.69. The van der Waals surface area contributed by atoms with Gasteiger partial charge in [-0.15, -0.1) is 0 Å². The molecule has 1 aliphatic carbocycles. The smallest absolute Gasteiger partial charge is 0.414 e. The zero-order valence-corrected chi connectivity index (χ0v) is 17.3. The van der Waals surface area contributed by atoms with Crippen LogP contribution in [0.3, 0.4) is 0 Å². The summed E-state index contributed by atoms with van der Waals surface area (Å²) in [5.41, 5.74) is 1.64. The van der Waals surface area contributed by atoms with Crippen LogP contribution in [-0.2, 0) is 14.9 Å². The number of nitriles is 1.